The third kappa shape index (κ3) is 4.32. The van der Waals surface area contributed by atoms with Crippen molar-refractivity contribution in [3.63, 3.8) is 0 Å². The van der Waals surface area contributed by atoms with Gasteiger partial charge < -0.3 is 15.2 Å². The molecule has 2 rings (SSSR count). The molecular weight excluding hydrogens is 214 g/mol. The molecule has 0 unspecified atom stereocenters. The fourth-order valence-corrected chi connectivity index (χ4v) is 2.24. The molecule has 1 saturated heterocycles. The predicted octanol–water partition coefficient (Wildman–Crippen LogP) is 0.950. The Balaban J connectivity index is 1.64. The second kappa shape index (κ2) is 6.57. The van der Waals surface area contributed by atoms with Crippen molar-refractivity contribution in [3.05, 3.63) is 34.2 Å². The van der Waals surface area contributed by atoms with Crippen LogP contribution in [-0.2, 0) is 6.54 Å². The third-order valence-corrected chi connectivity index (χ3v) is 3.20. The minimum absolute atomic E-state index is 0.0275. The molecule has 0 aliphatic carbocycles. The Labute approximate surface area is 102 Å². The molecule has 4 heteroatoms. The third-order valence-electron chi connectivity index (χ3n) is 3.20. The molecular formula is C13H21N3O. The second-order valence-corrected chi connectivity index (χ2v) is 4.62. The van der Waals surface area contributed by atoms with E-state index >= 15 is 0 Å². The zero-order chi connectivity index (χ0) is 11.9. The van der Waals surface area contributed by atoms with Gasteiger partial charge in [0.15, 0.2) is 0 Å². The van der Waals surface area contributed by atoms with E-state index in [1.807, 2.05) is 6.07 Å². The van der Waals surface area contributed by atoms with Crippen LogP contribution >= 0.6 is 0 Å². The Hall–Kier alpha value is -1.13. The quantitative estimate of drug-likeness (QED) is 0.747. The van der Waals surface area contributed by atoms with E-state index in [2.05, 4.69) is 15.2 Å². The van der Waals surface area contributed by atoms with Gasteiger partial charge in [-0.15, -0.1) is 0 Å². The fraction of sp³-hybridized carbons (Fsp3) is 0.615. The summed E-state index contributed by atoms with van der Waals surface area (Å²) >= 11 is 0. The average Bonchev–Trinajstić information content (AvgIpc) is 2.36. The van der Waals surface area contributed by atoms with Gasteiger partial charge in [0.05, 0.1) is 0 Å². The van der Waals surface area contributed by atoms with Crippen LogP contribution in [0.3, 0.4) is 0 Å². The number of aromatic amines is 1. The van der Waals surface area contributed by atoms with E-state index < -0.39 is 0 Å². The molecule has 2 heterocycles. The maximum absolute atomic E-state index is 11.1. The lowest BCUT2D eigenvalue weighted by molar-refractivity contribution is 0.229. The van der Waals surface area contributed by atoms with Crippen molar-refractivity contribution >= 4 is 0 Å². The molecule has 1 aliphatic heterocycles. The van der Waals surface area contributed by atoms with Crippen LogP contribution in [0.5, 0.6) is 0 Å². The highest BCUT2D eigenvalue weighted by Gasteiger charge is 2.08. The molecule has 0 bridgehead atoms. The largest absolute Gasteiger partial charge is 0.325 e. The highest BCUT2D eigenvalue weighted by atomic mass is 16.1. The fourth-order valence-electron chi connectivity index (χ4n) is 2.24. The molecule has 0 atom stereocenters. The zero-order valence-electron chi connectivity index (χ0n) is 10.2. The summed E-state index contributed by atoms with van der Waals surface area (Å²) in [5.41, 5.74) is 0.927. The highest BCUT2D eigenvalue weighted by Crippen LogP contribution is 2.07. The summed E-state index contributed by atoms with van der Waals surface area (Å²) < 4.78 is 0. The smallest absolute Gasteiger partial charge is 0.248 e. The van der Waals surface area contributed by atoms with E-state index in [1.54, 1.807) is 6.07 Å². The van der Waals surface area contributed by atoms with E-state index in [9.17, 15) is 4.79 Å². The summed E-state index contributed by atoms with van der Waals surface area (Å²) in [6.07, 6.45) is 4.06. The van der Waals surface area contributed by atoms with Gasteiger partial charge in [0.1, 0.15) is 0 Å². The van der Waals surface area contributed by atoms with E-state index in [4.69, 9.17) is 0 Å². The van der Waals surface area contributed by atoms with Gasteiger partial charge in [0.25, 0.3) is 0 Å². The number of pyridine rings is 1. The Morgan fingerprint density at radius 2 is 2.06 bits per heavy atom. The first-order valence-electron chi connectivity index (χ1n) is 6.46. The number of nitrogens with zero attached hydrogens (tertiary/aromatic N) is 1. The van der Waals surface area contributed by atoms with Crippen molar-refractivity contribution in [2.45, 2.75) is 25.8 Å². The normalized spacial score (nSPS) is 17.2. The number of piperidine rings is 1. The molecule has 0 radical (unpaired) electrons. The lowest BCUT2D eigenvalue weighted by atomic mass is 10.1. The number of aromatic nitrogens is 1. The number of likely N-dealkylation sites (tertiary alicyclic amines) is 1. The molecule has 2 N–H and O–H groups in total. The van der Waals surface area contributed by atoms with Gasteiger partial charge in [-0.25, -0.2) is 0 Å². The van der Waals surface area contributed by atoms with Crippen LogP contribution in [0.2, 0.25) is 0 Å². The van der Waals surface area contributed by atoms with Crippen LogP contribution in [0.4, 0.5) is 0 Å². The first kappa shape index (κ1) is 12.3. The lowest BCUT2D eigenvalue weighted by Gasteiger charge is -2.26. The first-order valence-corrected chi connectivity index (χ1v) is 6.46. The Kier molecular flexibility index (Phi) is 4.76. The van der Waals surface area contributed by atoms with Crippen molar-refractivity contribution in [3.8, 4) is 0 Å². The number of hydrogen-bond donors (Lipinski definition) is 2. The molecule has 1 fully saturated rings. The number of hydrogen-bond acceptors (Lipinski definition) is 3. The van der Waals surface area contributed by atoms with E-state index in [0.717, 1.165) is 25.3 Å². The van der Waals surface area contributed by atoms with Gasteiger partial charge in [0.2, 0.25) is 5.56 Å². The van der Waals surface area contributed by atoms with Crippen molar-refractivity contribution in [2.75, 3.05) is 26.2 Å². The summed E-state index contributed by atoms with van der Waals surface area (Å²) in [6.45, 7) is 5.31. The second-order valence-electron chi connectivity index (χ2n) is 4.62. The molecule has 94 valence electrons. The number of rotatable bonds is 5. The summed E-state index contributed by atoms with van der Waals surface area (Å²) in [6, 6.07) is 5.27. The van der Waals surface area contributed by atoms with E-state index in [-0.39, 0.29) is 5.56 Å². The minimum Gasteiger partial charge on any atom is -0.325 e. The standard InChI is InChI=1S/C13H21N3O/c17-13-6-4-5-12(15-13)11-14-7-10-16-8-2-1-3-9-16/h4-6,14H,1-3,7-11H2,(H,15,17). The number of nitrogens with one attached hydrogen (secondary N) is 2. The van der Waals surface area contributed by atoms with Gasteiger partial charge >= 0.3 is 0 Å². The molecule has 4 nitrogen and oxygen atoms in total. The van der Waals surface area contributed by atoms with Crippen molar-refractivity contribution in [1.82, 2.24) is 15.2 Å². The van der Waals surface area contributed by atoms with Gasteiger partial charge in [-0.3, -0.25) is 4.79 Å². The topological polar surface area (TPSA) is 48.1 Å². The van der Waals surface area contributed by atoms with E-state index in [1.165, 1.54) is 38.4 Å². The molecule has 0 amide bonds. The van der Waals surface area contributed by atoms with Crippen LogP contribution in [0, 0.1) is 0 Å². The lowest BCUT2D eigenvalue weighted by Crippen LogP contribution is -2.35. The maximum atomic E-state index is 11.1. The zero-order valence-corrected chi connectivity index (χ0v) is 10.2. The summed E-state index contributed by atoms with van der Waals surface area (Å²) in [5, 5.41) is 3.36. The molecule has 17 heavy (non-hydrogen) atoms. The summed E-state index contributed by atoms with van der Waals surface area (Å²) in [5.74, 6) is 0. The van der Waals surface area contributed by atoms with Crippen LogP contribution < -0.4 is 10.9 Å². The van der Waals surface area contributed by atoms with Gasteiger partial charge in [-0.05, 0) is 32.0 Å². The SMILES string of the molecule is O=c1cccc(CNCCN2CCCCC2)[nH]1. The van der Waals surface area contributed by atoms with E-state index in [0.29, 0.717) is 0 Å². The Bertz CT molecular complexity index is 382. The van der Waals surface area contributed by atoms with Crippen LogP contribution in [-0.4, -0.2) is 36.1 Å². The van der Waals surface area contributed by atoms with Gasteiger partial charge in [0, 0.05) is 31.4 Å². The Morgan fingerprint density at radius 3 is 2.82 bits per heavy atom. The molecule has 0 saturated carbocycles. The van der Waals surface area contributed by atoms with Crippen molar-refractivity contribution in [2.24, 2.45) is 0 Å². The van der Waals surface area contributed by atoms with Crippen molar-refractivity contribution in [1.29, 1.82) is 0 Å². The summed E-state index contributed by atoms with van der Waals surface area (Å²) in [7, 11) is 0. The monoisotopic (exact) mass is 235 g/mol. The molecule has 0 spiro atoms. The van der Waals surface area contributed by atoms with Crippen LogP contribution in [0.1, 0.15) is 25.0 Å². The predicted molar refractivity (Wildman–Crippen MR) is 69.1 cm³/mol. The number of H-pyrrole nitrogens is 1. The van der Waals surface area contributed by atoms with Gasteiger partial charge in [-0.1, -0.05) is 12.5 Å². The van der Waals surface area contributed by atoms with Crippen LogP contribution in [0.25, 0.3) is 0 Å². The molecule has 1 aliphatic rings. The molecule has 1 aromatic heterocycles. The highest BCUT2D eigenvalue weighted by molar-refractivity contribution is 5.03. The maximum Gasteiger partial charge on any atom is 0.248 e. The average molecular weight is 235 g/mol. The first-order chi connectivity index (χ1) is 8.34. The minimum atomic E-state index is -0.0275. The molecule has 1 aromatic rings. The summed E-state index contributed by atoms with van der Waals surface area (Å²) in [4.78, 5) is 16.4. The molecule has 0 aromatic carbocycles. The van der Waals surface area contributed by atoms with Crippen LogP contribution in [0.15, 0.2) is 23.0 Å². The van der Waals surface area contributed by atoms with Crippen molar-refractivity contribution < 1.29 is 0 Å². The Morgan fingerprint density at radius 1 is 1.24 bits per heavy atom. The van der Waals surface area contributed by atoms with Gasteiger partial charge in [-0.2, -0.15) is 0 Å².